The van der Waals surface area contributed by atoms with E-state index in [-0.39, 0.29) is 11.9 Å². The molecule has 5 rings (SSSR count). The average molecular weight is 410 g/mol. The summed E-state index contributed by atoms with van der Waals surface area (Å²) in [6, 6.07) is 12.3. The molecule has 1 aromatic heterocycles. The maximum atomic E-state index is 13.0. The number of aryl methyl sites for hydroxylation is 1. The standard InChI is InChI=1S/C22H23N3O3S/c1-14-4-6-16-17(11-14)24-22(23-16)29-13-21(26)25-8-2-3-18(25)15-5-7-19-20(12-15)28-10-9-27-19/h4-7,11-12,18H,2-3,8-10,13H2,1H3,(H,23,24)/t18-/m1/s1. The molecule has 3 heterocycles. The van der Waals surface area contributed by atoms with E-state index in [4.69, 9.17) is 9.47 Å². The van der Waals surface area contributed by atoms with E-state index in [1.54, 1.807) is 0 Å². The highest BCUT2D eigenvalue weighted by Gasteiger charge is 2.31. The topological polar surface area (TPSA) is 67.5 Å². The minimum absolute atomic E-state index is 0.0947. The number of thioether (sulfide) groups is 1. The lowest BCUT2D eigenvalue weighted by Gasteiger charge is -2.26. The number of imidazole rings is 1. The summed E-state index contributed by atoms with van der Waals surface area (Å²) in [5.41, 5.74) is 4.24. The highest BCUT2D eigenvalue weighted by atomic mass is 32.2. The Morgan fingerprint density at radius 2 is 2.07 bits per heavy atom. The van der Waals surface area contributed by atoms with Gasteiger partial charge in [0, 0.05) is 6.54 Å². The summed E-state index contributed by atoms with van der Waals surface area (Å²) in [4.78, 5) is 22.9. The van der Waals surface area contributed by atoms with Crippen molar-refractivity contribution in [2.45, 2.75) is 31.0 Å². The molecule has 7 heteroatoms. The Morgan fingerprint density at radius 1 is 1.21 bits per heavy atom. The van der Waals surface area contributed by atoms with Crippen LogP contribution in [0.15, 0.2) is 41.6 Å². The Morgan fingerprint density at radius 3 is 2.97 bits per heavy atom. The third-order valence-electron chi connectivity index (χ3n) is 5.47. The van der Waals surface area contributed by atoms with Crippen LogP contribution in [0.3, 0.4) is 0 Å². The van der Waals surface area contributed by atoms with Gasteiger partial charge in [-0.2, -0.15) is 0 Å². The summed E-state index contributed by atoms with van der Waals surface area (Å²) >= 11 is 1.46. The maximum Gasteiger partial charge on any atom is 0.233 e. The summed E-state index contributed by atoms with van der Waals surface area (Å²) in [7, 11) is 0. The number of nitrogens with one attached hydrogen (secondary N) is 1. The van der Waals surface area contributed by atoms with Crippen molar-refractivity contribution in [3.05, 3.63) is 47.5 Å². The molecule has 2 aliphatic rings. The van der Waals surface area contributed by atoms with Crippen LogP contribution in [0, 0.1) is 6.92 Å². The first-order valence-corrected chi connectivity index (χ1v) is 10.9. The second kappa shape index (κ2) is 7.63. The van der Waals surface area contributed by atoms with Gasteiger partial charge in [-0.15, -0.1) is 0 Å². The van der Waals surface area contributed by atoms with Gasteiger partial charge in [0.2, 0.25) is 5.91 Å². The van der Waals surface area contributed by atoms with E-state index in [1.807, 2.05) is 29.2 Å². The van der Waals surface area contributed by atoms with E-state index in [1.165, 1.54) is 17.3 Å². The molecule has 0 spiro atoms. The molecule has 0 saturated carbocycles. The van der Waals surface area contributed by atoms with E-state index in [0.717, 1.165) is 52.6 Å². The highest BCUT2D eigenvalue weighted by molar-refractivity contribution is 7.99. The molecule has 2 aliphatic heterocycles. The Bertz CT molecular complexity index is 1060. The van der Waals surface area contributed by atoms with Crippen LogP contribution in [-0.2, 0) is 4.79 Å². The van der Waals surface area contributed by atoms with Crippen LogP contribution in [0.1, 0.15) is 30.0 Å². The van der Waals surface area contributed by atoms with Gasteiger partial charge in [-0.3, -0.25) is 4.79 Å². The lowest BCUT2D eigenvalue weighted by atomic mass is 10.0. The molecule has 1 saturated heterocycles. The zero-order valence-corrected chi connectivity index (χ0v) is 17.1. The van der Waals surface area contributed by atoms with E-state index < -0.39 is 0 Å². The number of rotatable bonds is 4. The molecule has 6 nitrogen and oxygen atoms in total. The van der Waals surface area contributed by atoms with Crippen molar-refractivity contribution in [1.82, 2.24) is 14.9 Å². The first-order valence-electron chi connectivity index (χ1n) is 9.95. The first-order chi connectivity index (χ1) is 14.2. The number of aromatic amines is 1. The summed E-state index contributed by atoms with van der Waals surface area (Å²) in [6.45, 7) is 4.00. The number of carbonyl (C=O) groups excluding carboxylic acids is 1. The normalized spacial score (nSPS) is 18.4. The summed E-state index contributed by atoms with van der Waals surface area (Å²) in [5, 5.41) is 0.786. The Kier molecular flexibility index (Phi) is 4.83. The van der Waals surface area contributed by atoms with Crippen LogP contribution in [0.4, 0.5) is 0 Å². The van der Waals surface area contributed by atoms with Crippen molar-refractivity contribution in [3.8, 4) is 11.5 Å². The first kappa shape index (κ1) is 18.4. The van der Waals surface area contributed by atoms with E-state index in [0.29, 0.717) is 19.0 Å². The van der Waals surface area contributed by atoms with Crippen LogP contribution >= 0.6 is 11.8 Å². The zero-order chi connectivity index (χ0) is 19.8. The molecule has 1 N–H and O–H groups in total. The smallest absolute Gasteiger partial charge is 0.233 e. The van der Waals surface area contributed by atoms with Gasteiger partial charge in [-0.05, 0) is 55.2 Å². The van der Waals surface area contributed by atoms with Gasteiger partial charge in [0.15, 0.2) is 16.7 Å². The van der Waals surface area contributed by atoms with Gasteiger partial charge >= 0.3 is 0 Å². The SMILES string of the molecule is Cc1ccc2nc(SCC(=O)N3CCC[C@@H]3c3ccc4c(c3)OCCO4)[nH]c2c1. The quantitative estimate of drug-likeness (QED) is 0.657. The lowest BCUT2D eigenvalue weighted by Crippen LogP contribution is -2.32. The van der Waals surface area contributed by atoms with E-state index in [2.05, 4.69) is 29.0 Å². The second-order valence-electron chi connectivity index (χ2n) is 7.50. The molecule has 3 aromatic rings. The van der Waals surface area contributed by atoms with Gasteiger partial charge in [0.05, 0.1) is 22.8 Å². The number of benzene rings is 2. The molecule has 1 atom stereocenters. The fourth-order valence-electron chi connectivity index (χ4n) is 4.06. The number of aromatic nitrogens is 2. The summed E-state index contributed by atoms with van der Waals surface area (Å²) < 4.78 is 11.3. The zero-order valence-electron chi connectivity index (χ0n) is 16.3. The van der Waals surface area contributed by atoms with Gasteiger partial charge in [0.1, 0.15) is 13.2 Å². The number of carbonyl (C=O) groups is 1. The highest BCUT2D eigenvalue weighted by Crippen LogP contribution is 2.38. The van der Waals surface area contributed by atoms with Crippen molar-refractivity contribution >= 4 is 28.7 Å². The molecule has 2 aromatic carbocycles. The van der Waals surface area contributed by atoms with Gasteiger partial charge in [-0.1, -0.05) is 23.9 Å². The number of nitrogens with zero attached hydrogens (tertiary/aromatic N) is 2. The number of amides is 1. The van der Waals surface area contributed by atoms with Crippen LogP contribution in [0.5, 0.6) is 11.5 Å². The molecular formula is C22H23N3O3S. The van der Waals surface area contributed by atoms with Crippen molar-refractivity contribution < 1.29 is 14.3 Å². The fourth-order valence-corrected chi connectivity index (χ4v) is 4.83. The summed E-state index contributed by atoms with van der Waals surface area (Å²) in [6.07, 6.45) is 1.99. The molecular weight excluding hydrogens is 386 g/mol. The molecule has 0 unspecified atom stereocenters. The number of hydrogen-bond donors (Lipinski definition) is 1. The predicted octanol–water partition coefficient (Wildman–Crippen LogP) is 4.10. The number of likely N-dealkylation sites (tertiary alicyclic amines) is 1. The third-order valence-corrected chi connectivity index (χ3v) is 6.33. The fraction of sp³-hybridized carbons (Fsp3) is 0.364. The Balaban J connectivity index is 1.28. The van der Waals surface area contributed by atoms with Crippen LogP contribution in [-0.4, -0.2) is 46.3 Å². The third kappa shape index (κ3) is 3.67. The average Bonchev–Trinajstić information content (AvgIpc) is 3.38. The van der Waals surface area contributed by atoms with Gasteiger partial charge in [0.25, 0.3) is 0 Å². The van der Waals surface area contributed by atoms with Crippen molar-refractivity contribution in [2.75, 3.05) is 25.5 Å². The van der Waals surface area contributed by atoms with Crippen LogP contribution in [0.2, 0.25) is 0 Å². The molecule has 1 fully saturated rings. The number of ether oxygens (including phenoxy) is 2. The minimum Gasteiger partial charge on any atom is -0.486 e. The van der Waals surface area contributed by atoms with Crippen LogP contribution < -0.4 is 9.47 Å². The number of fused-ring (bicyclic) bond motifs is 2. The molecule has 0 radical (unpaired) electrons. The van der Waals surface area contributed by atoms with Crippen molar-refractivity contribution in [3.63, 3.8) is 0 Å². The van der Waals surface area contributed by atoms with Crippen molar-refractivity contribution in [1.29, 1.82) is 0 Å². The summed E-state index contributed by atoms with van der Waals surface area (Å²) in [5.74, 6) is 2.08. The largest absolute Gasteiger partial charge is 0.486 e. The van der Waals surface area contributed by atoms with E-state index >= 15 is 0 Å². The van der Waals surface area contributed by atoms with Gasteiger partial charge in [-0.25, -0.2) is 4.98 Å². The van der Waals surface area contributed by atoms with Crippen LogP contribution in [0.25, 0.3) is 11.0 Å². The number of hydrogen-bond acceptors (Lipinski definition) is 5. The monoisotopic (exact) mass is 409 g/mol. The molecule has 1 amide bonds. The lowest BCUT2D eigenvalue weighted by molar-refractivity contribution is -0.129. The predicted molar refractivity (Wildman–Crippen MR) is 113 cm³/mol. The molecule has 0 bridgehead atoms. The molecule has 29 heavy (non-hydrogen) atoms. The minimum atomic E-state index is 0.0947. The Hall–Kier alpha value is -2.67. The molecule has 150 valence electrons. The van der Waals surface area contributed by atoms with Crippen molar-refractivity contribution in [2.24, 2.45) is 0 Å². The van der Waals surface area contributed by atoms with E-state index in [9.17, 15) is 4.79 Å². The Labute approximate surface area is 173 Å². The molecule has 0 aliphatic carbocycles. The number of H-pyrrole nitrogens is 1. The second-order valence-corrected chi connectivity index (χ2v) is 8.46. The van der Waals surface area contributed by atoms with Gasteiger partial charge < -0.3 is 19.4 Å². The maximum absolute atomic E-state index is 13.0.